The summed E-state index contributed by atoms with van der Waals surface area (Å²) in [6.07, 6.45) is 0. The zero-order chi connectivity index (χ0) is 24.7. The molecule has 0 spiro atoms. The van der Waals surface area contributed by atoms with Gasteiger partial charge in [-0.25, -0.2) is 8.78 Å². The summed E-state index contributed by atoms with van der Waals surface area (Å²) in [5.74, 6) is -1.45. The first-order valence-electron chi connectivity index (χ1n) is 11.8. The smallest absolute Gasteiger partial charge is 0.256 e. The van der Waals surface area contributed by atoms with E-state index in [9.17, 15) is 13.6 Å². The summed E-state index contributed by atoms with van der Waals surface area (Å²) in [6.45, 7) is 8.50. The molecule has 35 heavy (non-hydrogen) atoms. The second-order valence-electron chi connectivity index (χ2n) is 9.85. The molecule has 5 rings (SSSR count). The number of amides is 1. The highest BCUT2D eigenvalue weighted by Gasteiger charge is 2.41. The predicted molar refractivity (Wildman–Crippen MR) is 131 cm³/mol. The average Bonchev–Trinajstić information content (AvgIpc) is 3.35. The second-order valence-corrected chi connectivity index (χ2v) is 9.85. The molecular formula is C26H30F2N6O. The van der Waals surface area contributed by atoms with Gasteiger partial charge in [-0.05, 0) is 45.2 Å². The van der Waals surface area contributed by atoms with Crippen LogP contribution in [0.1, 0.15) is 41.0 Å². The van der Waals surface area contributed by atoms with Crippen LogP contribution in [0.3, 0.4) is 0 Å². The molecule has 1 fully saturated rings. The predicted octanol–water partition coefficient (Wildman–Crippen LogP) is 3.94. The molecule has 0 bridgehead atoms. The van der Waals surface area contributed by atoms with Crippen molar-refractivity contribution in [2.75, 3.05) is 43.4 Å². The van der Waals surface area contributed by atoms with Crippen molar-refractivity contribution in [2.24, 2.45) is 0 Å². The molecular weight excluding hydrogens is 450 g/mol. The number of nitrogens with zero attached hydrogens (tertiary/aromatic N) is 4. The highest BCUT2D eigenvalue weighted by atomic mass is 19.2. The normalized spacial score (nSPS) is 18.0. The first-order chi connectivity index (χ1) is 16.7. The highest BCUT2D eigenvalue weighted by Crippen LogP contribution is 2.41. The van der Waals surface area contributed by atoms with E-state index in [4.69, 9.17) is 0 Å². The van der Waals surface area contributed by atoms with Crippen LogP contribution in [0.25, 0.3) is 0 Å². The Morgan fingerprint density at radius 2 is 1.86 bits per heavy atom. The molecule has 0 aliphatic carbocycles. The number of piperazine rings is 1. The number of benzene rings is 2. The van der Waals surface area contributed by atoms with Crippen molar-refractivity contribution in [3.8, 4) is 0 Å². The maximum absolute atomic E-state index is 14.3. The summed E-state index contributed by atoms with van der Waals surface area (Å²) >= 11 is 0. The largest absolute Gasteiger partial charge is 0.369 e. The number of fused-ring (bicyclic) bond motifs is 1. The Morgan fingerprint density at radius 3 is 2.63 bits per heavy atom. The molecule has 1 saturated heterocycles. The van der Waals surface area contributed by atoms with Gasteiger partial charge in [0, 0.05) is 61.6 Å². The summed E-state index contributed by atoms with van der Waals surface area (Å²) in [6, 6.07) is 11.9. The highest BCUT2D eigenvalue weighted by molar-refractivity contribution is 6.04. The molecule has 184 valence electrons. The van der Waals surface area contributed by atoms with E-state index < -0.39 is 17.2 Å². The van der Waals surface area contributed by atoms with Crippen LogP contribution in [0.2, 0.25) is 0 Å². The van der Waals surface area contributed by atoms with Gasteiger partial charge in [0.2, 0.25) is 0 Å². The lowest BCUT2D eigenvalue weighted by Crippen LogP contribution is -2.44. The van der Waals surface area contributed by atoms with Crippen LogP contribution in [-0.2, 0) is 18.6 Å². The Labute approximate surface area is 203 Å². The van der Waals surface area contributed by atoms with Gasteiger partial charge in [0.25, 0.3) is 5.91 Å². The van der Waals surface area contributed by atoms with E-state index in [1.54, 1.807) is 12.1 Å². The minimum absolute atomic E-state index is 0.234. The van der Waals surface area contributed by atoms with Crippen molar-refractivity contribution in [3.05, 3.63) is 76.5 Å². The zero-order valence-corrected chi connectivity index (χ0v) is 20.2. The number of H-pyrrole nitrogens is 1. The number of rotatable bonds is 5. The lowest BCUT2D eigenvalue weighted by Gasteiger charge is -2.34. The van der Waals surface area contributed by atoms with E-state index in [0.717, 1.165) is 49.2 Å². The number of anilines is 2. The van der Waals surface area contributed by atoms with Crippen LogP contribution in [-0.4, -0.2) is 59.1 Å². The van der Waals surface area contributed by atoms with E-state index in [-0.39, 0.29) is 12.5 Å². The lowest BCUT2D eigenvalue weighted by atomic mass is 10.00. The third kappa shape index (κ3) is 4.41. The number of carbonyl (C=O) groups excluding carboxylic acids is 1. The molecule has 0 unspecified atom stereocenters. The van der Waals surface area contributed by atoms with E-state index in [0.29, 0.717) is 23.5 Å². The first-order valence-corrected chi connectivity index (χ1v) is 11.8. The van der Waals surface area contributed by atoms with Gasteiger partial charge in [0.1, 0.15) is 0 Å². The van der Waals surface area contributed by atoms with Crippen LogP contribution in [0.4, 0.5) is 20.3 Å². The van der Waals surface area contributed by atoms with Crippen molar-refractivity contribution in [3.63, 3.8) is 0 Å². The zero-order valence-electron chi connectivity index (χ0n) is 20.2. The van der Waals surface area contributed by atoms with Crippen LogP contribution < -0.4 is 10.2 Å². The van der Waals surface area contributed by atoms with E-state index in [1.807, 2.05) is 36.9 Å². The number of nitrogens with one attached hydrogen (secondary N) is 2. The number of likely N-dealkylation sites (N-methyl/N-ethyl adjacent to an activating group) is 1. The lowest BCUT2D eigenvalue weighted by molar-refractivity contribution is 0.102. The molecule has 9 heteroatoms. The molecule has 0 saturated carbocycles. The minimum Gasteiger partial charge on any atom is -0.369 e. The molecule has 0 radical (unpaired) electrons. The summed E-state index contributed by atoms with van der Waals surface area (Å²) in [4.78, 5) is 19.7. The fourth-order valence-corrected chi connectivity index (χ4v) is 4.89. The first kappa shape index (κ1) is 23.4. The molecule has 0 atom stereocenters. The van der Waals surface area contributed by atoms with Gasteiger partial charge >= 0.3 is 0 Å². The number of carbonyl (C=O) groups is 1. The Morgan fingerprint density at radius 1 is 1.11 bits per heavy atom. The van der Waals surface area contributed by atoms with Crippen molar-refractivity contribution in [1.82, 2.24) is 20.0 Å². The van der Waals surface area contributed by atoms with Gasteiger partial charge in [-0.15, -0.1) is 0 Å². The minimum atomic E-state index is -0.855. The van der Waals surface area contributed by atoms with Crippen molar-refractivity contribution in [2.45, 2.75) is 32.5 Å². The Hall–Kier alpha value is -3.30. The summed E-state index contributed by atoms with van der Waals surface area (Å²) < 4.78 is 28.0. The summed E-state index contributed by atoms with van der Waals surface area (Å²) in [5, 5.41) is 10.4. The summed E-state index contributed by atoms with van der Waals surface area (Å²) in [7, 11) is 2.11. The molecule has 7 nitrogen and oxygen atoms in total. The third-order valence-corrected chi connectivity index (χ3v) is 7.22. The number of aromatic amines is 1. The number of halogens is 2. The number of aromatic nitrogens is 2. The van der Waals surface area contributed by atoms with Gasteiger partial charge in [0.15, 0.2) is 17.5 Å². The number of hydrogen-bond donors (Lipinski definition) is 2. The molecule has 3 heterocycles. The van der Waals surface area contributed by atoms with Crippen molar-refractivity contribution < 1.29 is 13.6 Å². The topological polar surface area (TPSA) is 67.5 Å². The molecule has 2 aliphatic heterocycles. The molecule has 3 aromatic rings. The van der Waals surface area contributed by atoms with Crippen LogP contribution in [0, 0.1) is 11.6 Å². The maximum atomic E-state index is 14.3. The Bertz CT molecular complexity index is 1250. The quantitative estimate of drug-likeness (QED) is 0.579. The van der Waals surface area contributed by atoms with Gasteiger partial charge < -0.3 is 15.1 Å². The molecule has 1 amide bonds. The molecule has 2 N–H and O–H groups in total. The summed E-state index contributed by atoms with van der Waals surface area (Å²) in [5.41, 5.74) is 3.11. The van der Waals surface area contributed by atoms with Gasteiger partial charge in [-0.2, -0.15) is 5.10 Å². The van der Waals surface area contributed by atoms with Gasteiger partial charge in [0.05, 0.1) is 11.2 Å². The fraction of sp³-hybridized carbons (Fsp3) is 0.385. The Balaban J connectivity index is 1.32. The third-order valence-electron chi connectivity index (χ3n) is 7.22. The van der Waals surface area contributed by atoms with E-state index in [1.165, 1.54) is 6.07 Å². The van der Waals surface area contributed by atoms with E-state index in [2.05, 4.69) is 32.4 Å². The van der Waals surface area contributed by atoms with Gasteiger partial charge in [-0.3, -0.25) is 14.8 Å². The van der Waals surface area contributed by atoms with Crippen molar-refractivity contribution >= 4 is 17.4 Å². The number of hydrogen-bond acceptors (Lipinski definition) is 5. The van der Waals surface area contributed by atoms with Gasteiger partial charge in [-0.1, -0.05) is 18.2 Å². The monoisotopic (exact) mass is 480 g/mol. The fourth-order valence-electron chi connectivity index (χ4n) is 4.89. The Kier molecular flexibility index (Phi) is 6.06. The molecule has 1 aromatic heterocycles. The SMILES string of the molecule is CN1CCN(c2cccc(C(=O)Nc3n[nH]c4c3CN(Cc3cccc(F)c3F)C4(C)C)c2)CC1. The van der Waals surface area contributed by atoms with Crippen LogP contribution >= 0.6 is 0 Å². The second kappa shape index (κ2) is 9.05. The maximum Gasteiger partial charge on any atom is 0.256 e. The van der Waals surface area contributed by atoms with Crippen molar-refractivity contribution in [1.29, 1.82) is 0 Å². The average molecular weight is 481 g/mol. The standard InChI is InChI=1S/C26H30F2N6O/c1-26(2)23-20(16-34(26)15-18-7-5-9-21(27)22(18)28)24(31-30-23)29-25(35)17-6-4-8-19(14-17)33-12-10-32(3)11-13-33/h4-9,14H,10-13,15-16H2,1-3H3,(H2,29,30,31,35). The van der Waals surface area contributed by atoms with Crippen LogP contribution in [0.15, 0.2) is 42.5 Å². The molecule has 2 aliphatic rings. The van der Waals surface area contributed by atoms with E-state index >= 15 is 0 Å². The molecule has 2 aromatic carbocycles. The van der Waals surface area contributed by atoms with Crippen LogP contribution in [0.5, 0.6) is 0 Å².